The second-order valence-corrected chi connectivity index (χ2v) is 8.40. The molecule has 1 aromatic heterocycles. The van der Waals surface area contributed by atoms with Crippen LogP contribution in [0.4, 0.5) is 0 Å². The van der Waals surface area contributed by atoms with Crippen LogP contribution < -0.4 is 0 Å². The maximum absolute atomic E-state index is 13.8. The van der Waals surface area contributed by atoms with Gasteiger partial charge in [0.25, 0.3) is 0 Å². The number of Topliss-reactive ketones (excluding diaryl/α,β-unsaturated/α-hetero) is 1. The lowest BCUT2D eigenvalue weighted by molar-refractivity contribution is 0.0378. The molecule has 2 saturated heterocycles. The summed E-state index contributed by atoms with van der Waals surface area (Å²) in [6, 6.07) is 18.0. The second kappa shape index (κ2) is 8.72. The van der Waals surface area contributed by atoms with Gasteiger partial charge in [0.1, 0.15) is 0 Å². The first-order valence-corrected chi connectivity index (χ1v) is 11.0. The zero-order valence-electron chi connectivity index (χ0n) is 17.3. The number of benzene rings is 2. The molecule has 1 N–H and O–H groups in total. The predicted octanol–water partition coefficient (Wildman–Crippen LogP) is 3.89. The minimum Gasteiger partial charge on any atom is -0.377 e. The van der Waals surface area contributed by atoms with Crippen LogP contribution in [0.15, 0.2) is 60.8 Å². The third kappa shape index (κ3) is 3.93. The molecule has 0 spiro atoms. The van der Waals surface area contributed by atoms with Crippen LogP contribution in [0.3, 0.4) is 0 Å². The fourth-order valence-electron chi connectivity index (χ4n) is 4.87. The molecular formula is C25H29N3O2. The van der Waals surface area contributed by atoms with E-state index in [0.717, 1.165) is 61.4 Å². The van der Waals surface area contributed by atoms with Gasteiger partial charge >= 0.3 is 0 Å². The smallest absolute Gasteiger partial charge is 0.186 e. The second-order valence-electron chi connectivity index (χ2n) is 8.40. The topological polar surface area (TPSA) is 48.6 Å². The molecule has 3 heterocycles. The summed E-state index contributed by atoms with van der Waals surface area (Å²) in [5.74, 6) is 0.172. The van der Waals surface area contributed by atoms with E-state index < -0.39 is 0 Å². The number of carbonyl (C=O) groups is 1. The first kappa shape index (κ1) is 19.5. The summed E-state index contributed by atoms with van der Waals surface area (Å²) in [5.41, 5.74) is 2.86. The molecular weight excluding hydrogens is 374 g/mol. The van der Waals surface area contributed by atoms with E-state index in [-0.39, 0.29) is 11.8 Å². The molecule has 30 heavy (non-hydrogen) atoms. The van der Waals surface area contributed by atoms with Crippen LogP contribution in [0, 0.1) is 0 Å². The van der Waals surface area contributed by atoms with Crippen molar-refractivity contribution in [3.05, 3.63) is 71.9 Å². The highest BCUT2D eigenvalue weighted by Crippen LogP contribution is 2.30. The summed E-state index contributed by atoms with van der Waals surface area (Å²) in [7, 11) is 0. The van der Waals surface area contributed by atoms with E-state index in [9.17, 15) is 4.79 Å². The molecule has 0 saturated carbocycles. The van der Waals surface area contributed by atoms with Gasteiger partial charge in [0, 0.05) is 62.0 Å². The van der Waals surface area contributed by atoms with Crippen LogP contribution in [0.1, 0.15) is 34.8 Å². The number of piperazine rings is 1. The molecule has 0 aliphatic carbocycles. The van der Waals surface area contributed by atoms with Crippen LogP contribution in [-0.4, -0.2) is 66.0 Å². The normalized spacial score (nSPS) is 21.8. The number of nitrogens with one attached hydrogen (secondary N) is 1. The number of aromatic nitrogens is 1. The zero-order valence-corrected chi connectivity index (χ0v) is 17.3. The van der Waals surface area contributed by atoms with Crippen molar-refractivity contribution in [2.24, 2.45) is 0 Å². The van der Waals surface area contributed by atoms with Gasteiger partial charge in [0.15, 0.2) is 5.78 Å². The number of fused-ring (bicyclic) bond motifs is 1. The standard InChI is InChI=1S/C25H29N3O2/c29-25(22-17-26-23-11-5-4-10-21(22)23)24(19-7-2-1-3-8-19)28-14-12-27(13-15-28)18-20-9-6-16-30-20/h1-5,7-8,10-11,17,20,24,26H,6,9,12-16,18H2/t20-,24+/m1/s1. The largest absolute Gasteiger partial charge is 0.377 e. The van der Waals surface area contributed by atoms with E-state index in [1.807, 2.05) is 48.7 Å². The molecule has 2 aliphatic rings. The Kier molecular flexibility index (Phi) is 5.67. The van der Waals surface area contributed by atoms with Crippen LogP contribution in [0.5, 0.6) is 0 Å². The van der Waals surface area contributed by atoms with E-state index in [2.05, 4.69) is 26.9 Å². The number of rotatable bonds is 6. The molecule has 0 unspecified atom stereocenters. The Morgan fingerprint density at radius 3 is 2.57 bits per heavy atom. The number of H-pyrrole nitrogens is 1. The van der Waals surface area contributed by atoms with E-state index in [4.69, 9.17) is 4.74 Å². The van der Waals surface area contributed by atoms with Gasteiger partial charge in [0.05, 0.1) is 12.1 Å². The van der Waals surface area contributed by atoms with Gasteiger partial charge in [-0.1, -0.05) is 48.5 Å². The number of aromatic amines is 1. The molecule has 156 valence electrons. The number of hydrogen-bond donors (Lipinski definition) is 1. The van der Waals surface area contributed by atoms with Gasteiger partial charge in [-0.2, -0.15) is 0 Å². The Balaban J connectivity index is 1.37. The maximum atomic E-state index is 13.8. The highest BCUT2D eigenvalue weighted by molar-refractivity contribution is 6.10. The Morgan fingerprint density at radius 2 is 1.80 bits per heavy atom. The summed E-state index contributed by atoms with van der Waals surface area (Å²) in [6.07, 6.45) is 4.61. The molecule has 2 aromatic carbocycles. The highest BCUT2D eigenvalue weighted by Gasteiger charge is 2.33. The minimum absolute atomic E-state index is 0.172. The maximum Gasteiger partial charge on any atom is 0.186 e. The lowest BCUT2D eigenvalue weighted by Gasteiger charge is -2.39. The number of ether oxygens (including phenoxy) is 1. The monoisotopic (exact) mass is 403 g/mol. The number of ketones is 1. The molecule has 5 rings (SSSR count). The fraction of sp³-hybridized carbons (Fsp3) is 0.400. The third-order valence-corrected chi connectivity index (χ3v) is 6.48. The van der Waals surface area contributed by atoms with Crippen LogP contribution in [0.25, 0.3) is 10.9 Å². The number of hydrogen-bond acceptors (Lipinski definition) is 4. The van der Waals surface area contributed by atoms with Crippen molar-refractivity contribution >= 4 is 16.7 Å². The molecule has 0 amide bonds. The van der Waals surface area contributed by atoms with Crippen molar-refractivity contribution < 1.29 is 9.53 Å². The van der Waals surface area contributed by atoms with Crippen LogP contribution >= 0.6 is 0 Å². The van der Waals surface area contributed by atoms with E-state index >= 15 is 0 Å². The summed E-state index contributed by atoms with van der Waals surface area (Å²) in [4.78, 5) is 21.9. The van der Waals surface area contributed by atoms with Crippen LogP contribution in [0.2, 0.25) is 0 Å². The van der Waals surface area contributed by atoms with Crippen molar-refractivity contribution in [2.75, 3.05) is 39.3 Å². The Morgan fingerprint density at radius 1 is 1.03 bits per heavy atom. The Labute approximate surface area is 177 Å². The van der Waals surface area contributed by atoms with Crippen molar-refractivity contribution in [3.63, 3.8) is 0 Å². The Hall–Kier alpha value is -2.47. The van der Waals surface area contributed by atoms with E-state index in [1.165, 1.54) is 12.8 Å². The number of para-hydroxylation sites is 1. The first-order valence-electron chi connectivity index (χ1n) is 11.0. The summed E-state index contributed by atoms with van der Waals surface area (Å²) < 4.78 is 5.81. The average molecular weight is 404 g/mol. The molecule has 3 aromatic rings. The molecule has 5 nitrogen and oxygen atoms in total. The molecule has 2 aliphatic heterocycles. The van der Waals surface area contributed by atoms with Crippen LogP contribution in [-0.2, 0) is 4.74 Å². The molecule has 2 fully saturated rings. The average Bonchev–Trinajstić information content (AvgIpc) is 3.46. The van der Waals surface area contributed by atoms with Gasteiger partial charge in [-0.05, 0) is 24.5 Å². The summed E-state index contributed by atoms with van der Waals surface area (Å²) in [5, 5.41) is 1.00. The zero-order chi connectivity index (χ0) is 20.3. The molecule has 0 bridgehead atoms. The van der Waals surface area contributed by atoms with Crippen molar-refractivity contribution in [3.8, 4) is 0 Å². The van der Waals surface area contributed by atoms with Gasteiger partial charge in [-0.15, -0.1) is 0 Å². The quantitative estimate of drug-likeness (QED) is 0.635. The van der Waals surface area contributed by atoms with Gasteiger partial charge < -0.3 is 9.72 Å². The number of carbonyl (C=O) groups excluding carboxylic acids is 1. The van der Waals surface area contributed by atoms with Gasteiger partial charge in [-0.25, -0.2) is 0 Å². The number of nitrogens with zero attached hydrogens (tertiary/aromatic N) is 2. The third-order valence-electron chi connectivity index (χ3n) is 6.48. The van der Waals surface area contributed by atoms with Crippen molar-refractivity contribution in [1.82, 2.24) is 14.8 Å². The summed E-state index contributed by atoms with van der Waals surface area (Å²) in [6.45, 7) is 5.65. The van der Waals surface area contributed by atoms with Crippen molar-refractivity contribution in [1.29, 1.82) is 0 Å². The lowest BCUT2D eigenvalue weighted by atomic mass is 9.95. The molecule has 5 heteroatoms. The van der Waals surface area contributed by atoms with Crippen molar-refractivity contribution in [2.45, 2.75) is 25.0 Å². The summed E-state index contributed by atoms with van der Waals surface area (Å²) >= 11 is 0. The predicted molar refractivity (Wildman–Crippen MR) is 119 cm³/mol. The van der Waals surface area contributed by atoms with Gasteiger partial charge in [0.2, 0.25) is 0 Å². The Bertz CT molecular complexity index is 986. The van der Waals surface area contributed by atoms with Gasteiger partial charge in [-0.3, -0.25) is 14.6 Å². The van der Waals surface area contributed by atoms with E-state index in [0.29, 0.717) is 6.10 Å². The first-order chi connectivity index (χ1) is 14.8. The molecule has 2 atom stereocenters. The fourth-order valence-corrected chi connectivity index (χ4v) is 4.87. The lowest BCUT2D eigenvalue weighted by Crippen LogP contribution is -2.50. The SMILES string of the molecule is O=C(c1c[nH]c2ccccc12)[C@H](c1ccccc1)N1CCN(C[C@H]2CCCO2)CC1. The highest BCUT2D eigenvalue weighted by atomic mass is 16.5. The molecule has 0 radical (unpaired) electrons. The van der Waals surface area contributed by atoms with E-state index in [1.54, 1.807) is 0 Å². The minimum atomic E-state index is -0.254.